The SMILES string of the molecule is CCC1c2ccsc2CCN1C(=O)c1sc(NC(=O)C(C)(C)C)cc1C. The molecule has 1 aliphatic rings. The van der Waals surface area contributed by atoms with Crippen LogP contribution in [0.1, 0.15) is 65.8 Å². The number of carbonyl (C=O) groups excluding carboxylic acids is 2. The number of hydrogen-bond donors (Lipinski definition) is 1. The predicted molar refractivity (Wildman–Crippen MR) is 109 cm³/mol. The molecule has 26 heavy (non-hydrogen) atoms. The summed E-state index contributed by atoms with van der Waals surface area (Å²) in [5, 5.41) is 5.81. The number of rotatable bonds is 3. The van der Waals surface area contributed by atoms with Crippen molar-refractivity contribution in [2.24, 2.45) is 5.41 Å². The van der Waals surface area contributed by atoms with Crippen LogP contribution in [0.5, 0.6) is 0 Å². The summed E-state index contributed by atoms with van der Waals surface area (Å²) in [4.78, 5) is 29.6. The molecule has 140 valence electrons. The largest absolute Gasteiger partial charge is 0.331 e. The molecule has 0 aliphatic carbocycles. The van der Waals surface area contributed by atoms with E-state index in [-0.39, 0.29) is 17.9 Å². The van der Waals surface area contributed by atoms with Gasteiger partial charge in [0.2, 0.25) is 5.91 Å². The minimum absolute atomic E-state index is 0.0370. The van der Waals surface area contributed by atoms with Gasteiger partial charge in [-0.15, -0.1) is 22.7 Å². The lowest BCUT2D eigenvalue weighted by Gasteiger charge is -2.35. The second-order valence-corrected chi connectivity index (χ2v) is 9.85. The van der Waals surface area contributed by atoms with Gasteiger partial charge < -0.3 is 10.2 Å². The Kier molecular flexibility index (Phi) is 5.26. The van der Waals surface area contributed by atoms with Crippen molar-refractivity contribution in [3.63, 3.8) is 0 Å². The number of amides is 2. The summed E-state index contributed by atoms with van der Waals surface area (Å²) in [6, 6.07) is 4.21. The number of carbonyl (C=O) groups is 2. The molecule has 0 spiro atoms. The highest BCUT2D eigenvalue weighted by Gasteiger charge is 2.32. The first-order valence-corrected chi connectivity index (χ1v) is 10.7. The van der Waals surface area contributed by atoms with Crippen molar-refractivity contribution in [1.82, 2.24) is 4.90 Å². The van der Waals surface area contributed by atoms with Gasteiger partial charge in [-0.25, -0.2) is 0 Å². The molecule has 4 nitrogen and oxygen atoms in total. The molecule has 3 heterocycles. The van der Waals surface area contributed by atoms with Crippen molar-refractivity contribution < 1.29 is 9.59 Å². The molecular formula is C20H26N2O2S2. The number of hydrogen-bond acceptors (Lipinski definition) is 4. The maximum Gasteiger partial charge on any atom is 0.264 e. The van der Waals surface area contributed by atoms with Crippen LogP contribution in [-0.2, 0) is 11.2 Å². The smallest absolute Gasteiger partial charge is 0.264 e. The highest BCUT2D eigenvalue weighted by Crippen LogP contribution is 2.38. The molecule has 0 aromatic carbocycles. The van der Waals surface area contributed by atoms with E-state index in [1.807, 2.05) is 38.7 Å². The van der Waals surface area contributed by atoms with Crippen LogP contribution in [0.25, 0.3) is 0 Å². The minimum Gasteiger partial charge on any atom is -0.331 e. The van der Waals surface area contributed by atoms with Crippen molar-refractivity contribution in [2.45, 2.75) is 53.5 Å². The van der Waals surface area contributed by atoms with Crippen molar-refractivity contribution in [2.75, 3.05) is 11.9 Å². The first kappa shape index (κ1) is 19.1. The van der Waals surface area contributed by atoms with E-state index in [0.29, 0.717) is 0 Å². The molecule has 0 radical (unpaired) electrons. The van der Waals surface area contributed by atoms with Gasteiger partial charge in [-0.05, 0) is 48.4 Å². The number of thiophene rings is 2. The normalized spacial score (nSPS) is 17.1. The van der Waals surface area contributed by atoms with Gasteiger partial charge in [0.15, 0.2) is 0 Å². The summed E-state index contributed by atoms with van der Waals surface area (Å²) < 4.78 is 0. The third kappa shape index (κ3) is 3.58. The van der Waals surface area contributed by atoms with Crippen LogP contribution in [0.3, 0.4) is 0 Å². The van der Waals surface area contributed by atoms with Crippen molar-refractivity contribution in [3.8, 4) is 0 Å². The molecule has 0 saturated carbocycles. The van der Waals surface area contributed by atoms with E-state index in [2.05, 4.69) is 23.7 Å². The summed E-state index contributed by atoms with van der Waals surface area (Å²) >= 11 is 3.17. The minimum atomic E-state index is -0.461. The van der Waals surface area contributed by atoms with Crippen LogP contribution in [-0.4, -0.2) is 23.3 Å². The lowest BCUT2D eigenvalue weighted by Crippen LogP contribution is -2.39. The first-order valence-electron chi connectivity index (χ1n) is 9.01. The molecule has 2 aromatic heterocycles. The van der Waals surface area contributed by atoms with Gasteiger partial charge in [0.05, 0.1) is 15.9 Å². The Hall–Kier alpha value is -1.66. The third-order valence-corrected chi connectivity index (χ3v) is 6.91. The van der Waals surface area contributed by atoms with Crippen LogP contribution < -0.4 is 5.32 Å². The molecular weight excluding hydrogens is 364 g/mol. The number of aryl methyl sites for hydroxylation is 1. The zero-order chi connectivity index (χ0) is 19.1. The van der Waals surface area contributed by atoms with Gasteiger partial charge in [0, 0.05) is 16.8 Å². The molecule has 2 aromatic rings. The highest BCUT2D eigenvalue weighted by molar-refractivity contribution is 7.18. The predicted octanol–water partition coefficient (Wildman–Crippen LogP) is 5.25. The molecule has 1 atom stereocenters. The molecule has 1 N–H and O–H groups in total. The second kappa shape index (κ2) is 7.16. The van der Waals surface area contributed by atoms with Gasteiger partial charge in [-0.3, -0.25) is 9.59 Å². The van der Waals surface area contributed by atoms with E-state index in [0.717, 1.165) is 34.8 Å². The first-order chi connectivity index (χ1) is 12.2. The fourth-order valence-electron chi connectivity index (χ4n) is 3.27. The summed E-state index contributed by atoms with van der Waals surface area (Å²) in [6.07, 6.45) is 1.83. The number of nitrogens with one attached hydrogen (secondary N) is 1. The van der Waals surface area contributed by atoms with Gasteiger partial charge in [0.25, 0.3) is 5.91 Å². The van der Waals surface area contributed by atoms with Crippen molar-refractivity contribution in [1.29, 1.82) is 0 Å². The fourth-order valence-corrected chi connectivity index (χ4v) is 5.22. The van der Waals surface area contributed by atoms with E-state index in [1.54, 1.807) is 11.3 Å². The average molecular weight is 391 g/mol. The molecule has 1 unspecified atom stereocenters. The van der Waals surface area contributed by atoms with E-state index >= 15 is 0 Å². The average Bonchev–Trinajstić information content (AvgIpc) is 3.18. The van der Waals surface area contributed by atoms with Gasteiger partial charge in [-0.2, -0.15) is 0 Å². The van der Waals surface area contributed by atoms with E-state index in [1.165, 1.54) is 21.8 Å². The topological polar surface area (TPSA) is 49.4 Å². The third-order valence-electron chi connectivity index (χ3n) is 4.77. The van der Waals surface area contributed by atoms with E-state index in [4.69, 9.17) is 0 Å². The van der Waals surface area contributed by atoms with Crippen LogP contribution in [0, 0.1) is 12.3 Å². The second-order valence-electron chi connectivity index (χ2n) is 7.80. The zero-order valence-electron chi connectivity index (χ0n) is 16.0. The Morgan fingerprint density at radius 2 is 2.08 bits per heavy atom. The van der Waals surface area contributed by atoms with Crippen molar-refractivity contribution >= 4 is 39.5 Å². The lowest BCUT2D eigenvalue weighted by molar-refractivity contribution is -0.123. The number of nitrogens with zero attached hydrogens (tertiary/aromatic N) is 1. The van der Waals surface area contributed by atoms with E-state index in [9.17, 15) is 9.59 Å². The molecule has 6 heteroatoms. The molecule has 0 fully saturated rings. The number of fused-ring (bicyclic) bond motifs is 1. The fraction of sp³-hybridized carbons (Fsp3) is 0.500. The van der Waals surface area contributed by atoms with Crippen LogP contribution >= 0.6 is 22.7 Å². The maximum atomic E-state index is 13.2. The van der Waals surface area contributed by atoms with E-state index < -0.39 is 5.41 Å². The molecule has 0 bridgehead atoms. The van der Waals surface area contributed by atoms with Crippen molar-refractivity contribution in [3.05, 3.63) is 38.4 Å². The highest BCUT2D eigenvalue weighted by atomic mass is 32.1. The monoisotopic (exact) mass is 390 g/mol. The lowest BCUT2D eigenvalue weighted by atomic mass is 9.96. The summed E-state index contributed by atoms with van der Waals surface area (Å²) in [5.41, 5.74) is 1.76. The Morgan fingerprint density at radius 3 is 2.73 bits per heavy atom. The van der Waals surface area contributed by atoms with Crippen LogP contribution in [0.2, 0.25) is 0 Å². The van der Waals surface area contributed by atoms with Gasteiger partial charge in [-0.1, -0.05) is 27.7 Å². The standard InChI is InChI=1S/C20H26N2O2S2/c1-6-14-13-8-10-25-15(13)7-9-22(14)18(23)17-12(2)11-16(26-17)21-19(24)20(3,4)5/h8,10-11,14H,6-7,9H2,1-5H3,(H,21,24). The Balaban J connectivity index is 1.83. The van der Waals surface area contributed by atoms with Gasteiger partial charge >= 0.3 is 0 Å². The zero-order valence-corrected chi connectivity index (χ0v) is 17.6. The summed E-state index contributed by atoms with van der Waals surface area (Å²) in [5.74, 6) is 0.0394. The Labute approximate surface area is 163 Å². The van der Waals surface area contributed by atoms with Crippen LogP contribution in [0.15, 0.2) is 17.5 Å². The Morgan fingerprint density at radius 1 is 1.35 bits per heavy atom. The number of anilines is 1. The van der Waals surface area contributed by atoms with Crippen LogP contribution in [0.4, 0.5) is 5.00 Å². The molecule has 1 aliphatic heterocycles. The molecule has 2 amide bonds. The maximum absolute atomic E-state index is 13.2. The Bertz CT molecular complexity index is 829. The summed E-state index contributed by atoms with van der Waals surface area (Å²) in [7, 11) is 0. The molecule has 3 rings (SSSR count). The quantitative estimate of drug-likeness (QED) is 0.778. The molecule has 0 saturated heterocycles. The summed E-state index contributed by atoms with van der Waals surface area (Å²) in [6.45, 7) is 10.5. The van der Waals surface area contributed by atoms with Gasteiger partial charge in [0.1, 0.15) is 0 Å².